The molecule has 0 unspecified atom stereocenters. The Hall–Kier alpha value is -4.87. The number of esters is 1. The Labute approximate surface area is 254 Å². The number of hydrogen-bond acceptors (Lipinski definition) is 7. The van der Waals surface area contributed by atoms with Crippen molar-refractivity contribution in [3.8, 4) is 23.8 Å². The SMILES string of the molecule is C#CCOc1c(/C=c2\sc3n(c2=O)[C@H](c2ccc(C(C)C)cc2)C(C(=O)OCC)=C(c2ccccc2)N=3)cccc1OC. The van der Waals surface area contributed by atoms with Crippen molar-refractivity contribution in [1.29, 1.82) is 0 Å². The first-order valence-corrected chi connectivity index (χ1v) is 14.8. The summed E-state index contributed by atoms with van der Waals surface area (Å²) in [6, 6.07) is 22.2. The Kier molecular flexibility index (Phi) is 8.93. The highest BCUT2D eigenvalue weighted by Crippen LogP contribution is 2.36. The topological polar surface area (TPSA) is 79.1 Å². The first-order valence-electron chi connectivity index (χ1n) is 14.0. The lowest BCUT2D eigenvalue weighted by molar-refractivity contribution is -0.138. The summed E-state index contributed by atoms with van der Waals surface area (Å²) in [7, 11) is 1.54. The maximum Gasteiger partial charge on any atom is 0.338 e. The minimum atomic E-state index is -0.753. The number of methoxy groups -OCH3 is 1. The lowest BCUT2D eigenvalue weighted by atomic mass is 9.91. The number of fused-ring (bicyclic) bond motifs is 1. The van der Waals surface area contributed by atoms with Crippen LogP contribution >= 0.6 is 11.3 Å². The molecule has 7 nitrogen and oxygen atoms in total. The third-order valence-corrected chi connectivity index (χ3v) is 8.09. The van der Waals surface area contributed by atoms with Crippen molar-refractivity contribution in [2.24, 2.45) is 4.99 Å². The molecule has 4 aromatic rings. The molecule has 2 heterocycles. The molecule has 1 aromatic heterocycles. The summed E-state index contributed by atoms with van der Waals surface area (Å²) >= 11 is 1.24. The van der Waals surface area contributed by atoms with Crippen LogP contribution in [0.5, 0.6) is 11.5 Å². The summed E-state index contributed by atoms with van der Waals surface area (Å²) in [5, 5.41) is 0. The molecule has 0 saturated heterocycles. The Bertz CT molecular complexity index is 1890. The van der Waals surface area contributed by atoms with Crippen LogP contribution in [0.2, 0.25) is 0 Å². The average Bonchev–Trinajstić information content (AvgIpc) is 3.34. The van der Waals surface area contributed by atoms with Crippen LogP contribution in [-0.2, 0) is 9.53 Å². The van der Waals surface area contributed by atoms with E-state index in [2.05, 4.69) is 19.8 Å². The molecular weight excluding hydrogens is 560 g/mol. The summed E-state index contributed by atoms with van der Waals surface area (Å²) in [6.07, 6.45) is 7.19. The van der Waals surface area contributed by atoms with Gasteiger partial charge in [0, 0.05) is 11.1 Å². The Morgan fingerprint density at radius 1 is 1.09 bits per heavy atom. The van der Waals surface area contributed by atoms with E-state index in [1.807, 2.05) is 66.7 Å². The Morgan fingerprint density at radius 2 is 1.84 bits per heavy atom. The van der Waals surface area contributed by atoms with Gasteiger partial charge in [0.25, 0.3) is 5.56 Å². The highest BCUT2D eigenvalue weighted by atomic mass is 32.1. The summed E-state index contributed by atoms with van der Waals surface area (Å²) in [4.78, 5) is 33.3. The molecule has 1 aliphatic heterocycles. The fourth-order valence-electron chi connectivity index (χ4n) is 5.04. The van der Waals surface area contributed by atoms with Crippen LogP contribution in [-0.4, -0.2) is 30.9 Å². The molecule has 8 heteroatoms. The smallest absolute Gasteiger partial charge is 0.338 e. The second-order valence-corrected chi connectivity index (χ2v) is 11.1. The fraction of sp³-hybridized carbons (Fsp3) is 0.229. The number of rotatable bonds is 9. The van der Waals surface area contributed by atoms with Crippen molar-refractivity contribution in [1.82, 2.24) is 4.57 Å². The van der Waals surface area contributed by atoms with Gasteiger partial charge in [-0.25, -0.2) is 9.79 Å². The second-order valence-electron chi connectivity index (χ2n) is 10.1. The van der Waals surface area contributed by atoms with Gasteiger partial charge in [-0.05, 0) is 36.1 Å². The number of carbonyl (C=O) groups is 1. The van der Waals surface area contributed by atoms with Crippen LogP contribution in [0.1, 0.15) is 55.0 Å². The quantitative estimate of drug-likeness (QED) is 0.200. The zero-order chi connectivity index (χ0) is 30.5. The standard InChI is InChI=1S/C35H32N2O5S/c1-6-20-42-32-26(14-11-15-27(32)40-5)21-28-33(38)37-31(25-18-16-23(17-19-25)22(3)4)29(34(39)41-7-2)30(36-35(37)43-28)24-12-9-8-10-13-24/h1,8-19,21-22,31H,7,20H2,2-5H3/b28-21-/t31-/m1/s1. The molecule has 1 aliphatic rings. The van der Waals surface area contributed by atoms with Gasteiger partial charge in [0.15, 0.2) is 16.3 Å². The van der Waals surface area contributed by atoms with Gasteiger partial charge in [-0.3, -0.25) is 9.36 Å². The number of terminal acetylenes is 1. The largest absolute Gasteiger partial charge is 0.493 e. The highest BCUT2D eigenvalue weighted by molar-refractivity contribution is 7.07. The molecule has 0 amide bonds. The predicted octanol–water partition coefficient (Wildman–Crippen LogP) is 5.08. The van der Waals surface area contributed by atoms with Gasteiger partial charge in [-0.15, -0.1) is 6.42 Å². The predicted molar refractivity (Wildman–Crippen MR) is 169 cm³/mol. The molecule has 5 rings (SSSR count). The molecule has 0 saturated carbocycles. The number of benzene rings is 3. The zero-order valence-corrected chi connectivity index (χ0v) is 25.3. The normalized spacial score (nSPS) is 14.6. The van der Waals surface area contributed by atoms with Crippen molar-refractivity contribution in [2.75, 3.05) is 20.3 Å². The molecule has 0 bridgehead atoms. The number of carbonyl (C=O) groups excluding carboxylic acids is 1. The van der Waals surface area contributed by atoms with E-state index in [1.165, 1.54) is 11.3 Å². The monoisotopic (exact) mass is 592 g/mol. The van der Waals surface area contributed by atoms with E-state index < -0.39 is 12.0 Å². The fourth-order valence-corrected chi connectivity index (χ4v) is 6.03. The first kappa shape index (κ1) is 29.6. The lowest BCUT2D eigenvalue weighted by Crippen LogP contribution is -2.40. The number of aromatic nitrogens is 1. The molecule has 0 N–H and O–H groups in total. The number of ether oxygens (including phenoxy) is 3. The van der Waals surface area contributed by atoms with E-state index >= 15 is 0 Å². The van der Waals surface area contributed by atoms with Gasteiger partial charge in [-0.2, -0.15) is 0 Å². The molecule has 0 radical (unpaired) electrons. The second kappa shape index (κ2) is 13.0. The molecule has 0 aliphatic carbocycles. The van der Waals surface area contributed by atoms with Gasteiger partial charge in [-0.1, -0.05) is 97.8 Å². The first-order chi connectivity index (χ1) is 20.9. The lowest BCUT2D eigenvalue weighted by Gasteiger charge is -2.26. The molecule has 0 fully saturated rings. The minimum absolute atomic E-state index is 0.0399. The number of nitrogens with zero attached hydrogens (tertiary/aromatic N) is 2. The van der Waals surface area contributed by atoms with E-state index in [-0.39, 0.29) is 18.8 Å². The van der Waals surface area contributed by atoms with Gasteiger partial charge in [0.1, 0.15) is 6.61 Å². The summed E-state index contributed by atoms with van der Waals surface area (Å²) in [6.45, 7) is 6.23. The van der Waals surface area contributed by atoms with Crippen molar-refractivity contribution in [3.05, 3.63) is 120 Å². The Balaban J connectivity index is 1.80. The maximum atomic E-state index is 14.2. The van der Waals surface area contributed by atoms with Gasteiger partial charge in [0.2, 0.25) is 0 Å². The van der Waals surface area contributed by atoms with Crippen molar-refractivity contribution in [2.45, 2.75) is 32.7 Å². The van der Waals surface area contributed by atoms with Crippen LogP contribution < -0.4 is 24.4 Å². The van der Waals surface area contributed by atoms with Crippen molar-refractivity contribution in [3.63, 3.8) is 0 Å². The van der Waals surface area contributed by atoms with Crippen molar-refractivity contribution < 1.29 is 19.0 Å². The molecule has 218 valence electrons. The molecule has 43 heavy (non-hydrogen) atoms. The van der Waals surface area contributed by atoms with E-state index in [0.717, 1.165) is 16.7 Å². The molecular formula is C35H32N2O5S. The van der Waals surface area contributed by atoms with E-state index in [9.17, 15) is 9.59 Å². The third-order valence-electron chi connectivity index (χ3n) is 7.11. The molecule has 1 atom stereocenters. The van der Waals surface area contributed by atoms with E-state index in [0.29, 0.717) is 43.6 Å². The number of thiazole rings is 1. The summed E-state index contributed by atoms with van der Waals surface area (Å²) in [5.41, 5.74) is 3.81. The summed E-state index contributed by atoms with van der Waals surface area (Å²) < 4.78 is 18.9. The maximum absolute atomic E-state index is 14.2. The van der Waals surface area contributed by atoms with Crippen LogP contribution in [0, 0.1) is 12.3 Å². The van der Waals surface area contributed by atoms with Crippen molar-refractivity contribution >= 4 is 29.1 Å². The zero-order valence-electron chi connectivity index (χ0n) is 24.5. The minimum Gasteiger partial charge on any atom is -0.493 e. The molecule has 0 spiro atoms. The highest BCUT2D eigenvalue weighted by Gasteiger charge is 2.35. The Morgan fingerprint density at radius 3 is 2.49 bits per heavy atom. The van der Waals surface area contributed by atoms with Crippen LogP contribution in [0.25, 0.3) is 11.8 Å². The number of para-hydroxylation sites is 1. The van der Waals surface area contributed by atoms with Gasteiger partial charge in [0.05, 0.1) is 35.6 Å². The van der Waals surface area contributed by atoms with Gasteiger partial charge < -0.3 is 14.2 Å². The van der Waals surface area contributed by atoms with E-state index in [1.54, 1.807) is 30.7 Å². The number of hydrogen-bond donors (Lipinski definition) is 0. The molecule has 3 aromatic carbocycles. The van der Waals surface area contributed by atoms with Crippen LogP contribution in [0.4, 0.5) is 0 Å². The average molecular weight is 593 g/mol. The van der Waals surface area contributed by atoms with Crippen LogP contribution in [0.15, 0.2) is 88.2 Å². The van der Waals surface area contributed by atoms with E-state index in [4.69, 9.17) is 25.6 Å². The van der Waals surface area contributed by atoms with Gasteiger partial charge >= 0.3 is 5.97 Å². The van der Waals surface area contributed by atoms with Crippen LogP contribution in [0.3, 0.4) is 0 Å². The summed E-state index contributed by atoms with van der Waals surface area (Å²) in [5.74, 6) is 3.21. The third kappa shape index (κ3) is 5.90.